The van der Waals surface area contributed by atoms with Crippen molar-refractivity contribution in [1.82, 2.24) is 0 Å². The van der Waals surface area contributed by atoms with Crippen LogP contribution in [0.25, 0.3) is 0 Å². The maximum atomic E-state index is 11.0. The molecule has 0 bridgehead atoms. The van der Waals surface area contributed by atoms with E-state index in [0.717, 1.165) is 19.3 Å². The number of ketones is 1. The van der Waals surface area contributed by atoms with E-state index in [2.05, 4.69) is 6.92 Å². The summed E-state index contributed by atoms with van der Waals surface area (Å²) in [5, 5.41) is 0. The second-order valence-electron chi connectivity index (χ2n) is 2.53. The Balaban J connectivity index is 3.46. The van der Waals surface area contributed by atoms with E-state index in [1.807, 2.05) is 13.8 Å². The predicted molar refractivity (Wildman–Crippen MR) is 39.4 cm³/mol. The third-order valence-corrected chi connectivity index (χ3v) is 1.66. The van der Waals surface area contributed by atoms with Crippen molar-refractivity contribution in [3.8, 4) is 0 Å². The number of carbonyl (C=O) groups is 1. The van der Waals surface area contributed by atoms with Gasteiger partial charge in [0.2, 0.25) is 0 Å². The lowest BCUT2D eigenvalue weighted by molar-refractivity contribution is -0.122. The van der Waals surface area contributed by atoms with Crippen molar-refractivity contribution in [2.75, 3.05) is 0 Å². The van der Waals surface area contributed by atoms with Crippen LogP contribution in [0.15, 0.2) is 0 Å². The topological polar surface area (TPSA) is 17.1 Å². The average molecular weight is 128 g/mol. The molecule has 0 aromatic carbocycles. The largest absolute Gasteiger partial charge is 0.299 e. The lowest BCUT2D eigenvalue weighted by Gasteiger charge is -2.03. The molecule has 0 N–H and O–H groups in total. The first kappa shape index (κ1) is 8.67. The molecule has 0 amide bonds. The van der Waals surface area contributed by atoms with E-state index in [-0.39, 0.29) is 5.92 Å². The van der Waals surface area contributed by atoms with Crippen LogP contribution in [-0.2, 0) is 4.79 Å². The van der Waals surface area contributed by atoms with Crippen molar-refractivity contribution in [1.29, 1.82) is 0 Å². The van der Waals surface area contributed by atoms with Crippen molar-refractivity contribution in [2.24, 2.45) is 5.92 Å². The van der Waals surface area contributed by atoms with E-state index in [1.165, 1.54) is 0 Å². The normalized spacial score (nSPS) is 13.2. The van der Waals surface area contributed by atoms with Crippen molar-refractivity contribution < 1.29 is 4.79 Å². The van der Waals surface area contributed by atoms with Gasteiger partial charge in [-0.1, -0.05) is 20.8 Å². The van der Waals surface area contributed by atoms with Crippen molar-refractivity contribution >= 4 is 5.78 Å². The van der Waals surface area contributed by atoms with Gasteiger partial charge in [0, 0.05) is 12.3 Å². The summed E-state index contributed by atoms with van der Waals surface area (Å²) < 4.78 is 0. The minimum Gasteiger partial charge on any atom is -0.299 e. The molecule has 0 radical (unpaired) electrons. The third kappa shape index (κ3) is 3.28. The fraction of sp³-hybridized carbons (Fsp3) is 0.875. The van der Waals surface area contributed by atoms with E-state index in [0.29, 0.717) is 5.78 Å². The Kier molecular flexibility index (Phi) is 4.37. The summed E-state index contributed by atoms with van der Waals surface area (Å²) in [6.45, 7) is 6.09. The Bertz CT molecular complexity index is 86.6. The van der Waals surface area contributed by atoms with Crippen LogP contribution in [0.3, 0.4) is 0 Å². The number of carbonyl (C=O) groups excluding carboxylic acids is 1. The molecule has 0 rings (SSSR count). The fourth-order valence-electron chi connectivity index (χ4n) is 0.720. The summed E-state index contributed by atoms with van der Waals surface area (Å²) in [4.78, 5) is 11.0. The number of hydrogen-bond acceptors (Lipinski definition) is 1. The number of rotatable bonds is 4. The minimum atomic E-state index is 0.282. The molecule has 1 heteroatoms. The predicted octanol–water partition coefficient (Wildman–Crippen LogP) is 2.40. The summed E-state index contributed by atoms with van der Waals surface area (Å²) in [6, 6.07) is 0. The Labute approximate surface area is 57.5 Å². The second kappa shape index (κ2) is 4.54. The Hall–Kier alpha value is -0.330. The van der Waals surface area contributed by atoms with Gasteiger partial charge in [0.15, 0.2) is 0 Å². The summed E-state index contributed by atoms with van der Waals surface area (Å²) in [5.74, 6) is 0.699. The molecule has 0 aliphatic carbocycles. The van der Waals surface area contributed by atoms with Crippen LogP contribution in [0.2, 0.25) is 0 Å². The molecule has 0 saturated carbocycles. The molecule has 1 nitrogen and oxygen atoms in total. The van der Waals surface area contributed by atoms with Gasteiger partial charge in [-0.3, -0.25) is 4.79 Å². The standard InChI is InChI=1S/C8H16O/c1-4-6-8(9)7(3)5-2/h7H,4-6H2,1-3H3. The minimum absolute atomic E-state index is 0.282. The second-order valence-corrected chi connectivity index (χ2v) is 2.53. The molecule has 9 heavy (non-hydrogen) atoms. The first-order chi connectivity index (χ1) is 4.22. The van der Waals surface area contributed by atoms with Gasteiger partial charge in [-0.05, 0) is 12.8 Å². The Morgan fingerprint density at radius 2 is 2.00 bits per heavy atom. The van der Waals surface area contributed by atoms with Crippen LogP contribution >= 0.6 is 0 Å². The SMILES string of the molecule is CCCC(=O)C(C)CC. The smallest absolute Gasteiger partial charge is 0.135 e. The molecule has 0 aliphatic rings. The van der Waals surface area contributed by atoms with Crippen molar-refractivity contribution in [3.05, 3.63) is 0 Å². The van der Waals surface area contributed by atoms with E-state index in [9.17, 15) is 4.79 Å². The highest BCUT2D eigenvalue weighted by Gasteiger charge is 2.07. The van der Waals surface area contributed by atoms with Crippen LogP contribution in [0.5, 0.6) is 0 Å². The van der Waals surface area contributed by atoms with Crippen LogP contribution in [-0.4, -0.2) is 5.78 Å². The summed E-state index contributed by atoms with van der Waals surface area (Å²) >= 11 is 0. The molecule has 0 spiro atoms. The zero-order valence-corrected chi connectivity index (χ0v) is 6.61. The maximum absolute atomic E-state index is 11.0. The van der Waals surface area contributed by atoms with Gasteiger partial charge in [0.1, 0.15) is 5.78 Å². The molecule has 0 aromatic rings. The zero-order valence-electron chi connectivity index (χ0n) is 6.61. The highest BCUT2D eigenvalue weighted by molar-refractivity contribution is 5.80. The van der Waals surface area contributed by atoms with E-state index in [1.54, 1.807) is 0 Å². The van der Waals surface area contributed by atoms with Crippen molar-refractivity contribution in [3.63, 3.8) is 0 Å². The molecule has 0 aliphatic heterocycles. The summed E-state index contributed by atoms with van der Waals surface area (Å²) in [5.41, 5.74) is 0. The summed E-state index contributed by atoms with van der Waals surface area (Å²) in [6.07, 6.45) is 2.73. The van der Waals surface area contributed by atoms with Gasteiger partial charge in [0.05, 0.1) is 0 Å². The van der Waals surface area contributed by atoms with Gasteiger partial charge < -0.3 is 0 Å². The molecule has 0 aromatic heterocycles. The maximum Gasteiger partial charge on any atom is 0.135 e. The average Bonchev–Trinajstić information content (AvgIpc) is 1.87. The molecule has 0 fully saturated rings. The molecule has 0 heterocycles. The Morgan fingerprint density at radius 3 is 2.33 bits per heavy atom. The van der Waals surface area contributed by atoms with E-state index >= 15 is 0 Å². The lowest BCUT2D eigenvalue weighted by atomic mass is 10.0. The first-order valence-corrected chi connectivity index (χ1v) is 3.75. The molecule has 0 saturated heterocycles. The van der Waals surface area contributed by atoms with E-state index < -0.39 is 0 Å². The van der Waals surface area contributed by atoms with Gasteiger partial charge in [-0.2, -0.15) is 0 Å². The number of Topliss-reactive ketones (excluding diaryl/α,β-unsaturated/α-hetero) is 1. The van der Waals surface area contributed by atoms with Gasteiger partial charge >= 0.3 is 0 Å². The third-order valence-electron chi connectivity index (χ3n) is 1.66. The van der Waals surface area contributed by atoms with Gasteiger partial charge in [-0.15, -0.1) is 0 Å². The van der Waals surface area contributed by atoms with Crippen LogP contribution < -0.4 is 0 Å². The summed E-state index contributed by atoms with van der Waals surface area (Å²) in [7, 11) is 0. The molecule has 54 valence electrons. The monoisotopic (exact) mass is 128 g/mol. The van der Waals surface area contributed by atoms with Crippen LogP contribution in [0, 0.1) is 5.92 Å². The molecule has 1 unspecified atom stereocenters. The van der Waals surface area contributed by atoms with Crippen LogP contribution in [0.1, 0.15) is 40.0 Å². The highest BCUT2D eigenvalue weighted by atomic mass is 16.1. The first-order valence-electron chi connectivity index (χ1n) is 3.75. The van der Waals surface area contributed by atoms with Crippen LogP contribution in [0.4, 0.5) is 0 Å². The zero-order chi connectivity index (χ0) is 7.28. The highest BCUT2D eigenvalue weighted by Crippen LogP contribution is 2.05. The van der Waals surface area contributed by atoms with E-state index in [4.69, 9.17) is 0 Å². The number of hydrogen-bond donors (Lipinski definition) is 0. The Morgan fingerprint density at radius 1 is 1.44 bits per heavy atom. The lowest BCUT2D eigenvalue weighted by Crippen LogP contribution is -2.08. The fourth-order valence-corrected chi connectivity index (χ4v) is 0.720. The van der Waals surface area contributed by atoms with Gasteiger partial charge in [0.25, 0.3) is 0 Å². The molecule has 1 atom stereocenters. The van der Waals surface area contributed by atoms with Gasteiger partial charge in [-0.25, -0.2) is 0 Å². The van der Waals surface area contributed by atoms with Crippen molar-refractivity contribution in [2.45, 2.75) is 40.0 Å². The molecular formula is C8H16O. The quantitative estimate of drug-likeness (QED) is 0.568. The molecular weight excluding hydrogens is 112 g/mol.